The van der Waals surface area contributed by atoms with Gasteiger partial charge in [-0.1, -0.05) is 0 Å². The molecular weight excluding hydrogens is 192 g/mol. The van der Waals surface area contributed by atoms with Crippen molar-refractivity contribution in [1.29, 1.82) is 0 Å². The predicted molar refractivity (Wildman–Crippen MR) is 54.5 cm³/mol. The van der Waals surface area contributed by atoms with Crippen LogP contribution in [0.25, 0.3) is 11.2 Å². The van der Waals surface area contributed by atoms with Crippen LogP contribution in [0.2, 0.25) is 0 Å². The van der Waals surface area contributed by atoms with Crippen LogP contribution in [0.1, 0.15) is 24.6 Å². The van der Waals surface area contributed by atoms with Crippen LogP contribution < -0.4 is 0 Å². The Balaban J connectivity index is 1.96. The predicted octanol–water partition coefficient (Wildman–Crippen LogP) is 1.25. The van der Waals surface area contributed by atoms with Crippen LogP contribution in [-0.2, 0) is 4.74 Å². The highest BCUT2D eigenvalue weighted by atomic mass is 16.5. The Morgan fingerprint density at radius 3 is 3.00 bits per heavy atom. The summed E-state index contributed by atoms with van der Waals surface area (Å²) in [6, 6.07) is 0. The zero-order chi connectivity index (χ0) is 10.1. The molecule has 1 aliphatic heterocycles. The molecule has 2 aromatic heterocycles. The van der Waals surface area contributed by atoms with E-state index in [1.54, 1.807) is 6.20 Å². The molecule has 0 amide bonds. The molecule has 0 radical (unpaired) electrons. The molecule has 0 aliphatic carbocycles. The van der Waals surface area contributed by atoms with Crippen LogP contribution in [0, 0.1) is 0 Å². The monoisotopic (exact) mass is 204 g/mol. The third-order valence-corrected chi connectivity index (χ3v) is 2.79. The first kappa shape index (κ1) is 8.79. The minimum Gasteiger partial charge on any atom is -0.381 e. The zero-order valence-electron chi connectivity index (χ0n) is 8.31. The van der Waals surface area contributed by atoms with Gasteiger partial charge in [0.1, 0.15) is 17.7 Å². The van der Waals surface area contributed by atoms with Gasteiger partial charge in [0, 0.05) is 19.1 Å². The molecule has 1 aliphatic rings. The first-order chi connectivity index (χ1) is 7.43. The van der Waals surface area contributed by atoms with E-state index >= 15 is 0 Å². The SMILES string of the molecule is c1ncc2[nH]c(C3CCOCC3)nc2n1. The molecule has 0 spiro atoms. The third-order valence-electron chi connectivity index (χ3n) is 2.79. The highest BCUT2D eigenvalue weighted by Crippen LogP contribution is 2.25. The molecule has 78 valence electrons. The summed E-state index contributed by atoms with van der Waals surface area (Å²) in [6.45, 7) is 1.65. The highest BCUT2D eigenvalue weighted by molar-refractivity contribution is 5.68. The first-order valence-electron chi connectivity index (χ1n) is 5.17. The molecule has 15 heavy (non-hydrogen) atoms. The van der Waals surface area contributed by atoms with Gasteiger partial charge in [0.25, 0.3) is 0 Å². The summed E-state index contributed by atoms with van der Waals surface area (Å²) in [6.07, 6.45) is 5.36. The molecule has 5 heteroatoms. The van der Waals surface area contributed by atoms with Crippen LogP contribution in [0.5, 0.6) is 0 Å². The van der Waals surface area contributed by atoms with E-state index in [2.05, 4.69) is 19.9 Å². The maximum Gasteiger partial charge on any atom is 0.180 e. The summed E-state index contributed by atoms with van der Waals surface area (Å²) in [5.74, 6) is 1.50. The number of imidazole rings is 1. The second-order valence-electron chi connectivity index (χ2n) is 3.77. The summed E-state index contributed by atoms with van der Waals surface area (Å²) in [7, 11) is 0. The van der Waals surface area contributed by atoms with Gasteiger partial charge >= 0.3 is 0 Å². The second kappa shape index (κ2) is 3.58. The van der Waals surface area contributed by atoms with Crippen molar-refractivity contribution in [3.63, 3.8) is 0 Å². The van der Waals surface area contributed by atoms with Crippen LogP contribution in [-0.4, -0.2) is 33.1 Å². The Morgan fingerprint density at radius 2 is 2.20 bits per heavy atom. The number of hydrogen-bond donors (Lipinski definition) is 1. The highest BCUT2D eigenvalue weighted by Gasteiger charge is 2.19. The van der Waals surface area contributed by atoms with Crippen molar-refractivity contribution < 1.29 is 4.74 Å². The van der Waals surface area contributed by atoms with Crippen molar-refractivity contribution in [2.45, 2.75) is 18.8 Å². The number of aromatic amines is 1. The number of nitrogens with one attached hydrogen (secondary N) is 1. The summed E-state index contributed by atoms with van der Waals surface area (Å²) < 4.78 is 5.33. The Kier molecular flexibility index (Phi) is 2.10. The van der Waals surface area contributed by atoms with Gasteiger partial charge in [0.2, 0.25) is 0 Å². The lowest BCUT2D eigenvalue weighted by molar-refractivity contribution is 0.0838. The van der Waals surface area contributed by atoms with Gasteiger partial charge in [-0.2, -0.15) is 0 Å². The van der Waals surface area contributed by atoms with Crippen molar-refractivity contribution >= 4 is 11.2 Å². The third kappa shape index (κ3) is 1.59. The quantitative estimate of drug-likeness (QED) is 0.759. The van der Waals surface area contributed by atoms with Crippen molar-refractivity contribution in [1.82, 2.24) is 19.9 Å². The Labute approximate surface area is 86.9 Å². The molecule has 0 bridgehead atoms. The molecule has 0 aromatic carbocycles. The van der Waals surface area contributed by atoms with Gasteiger partial charge in [0.15, 0.2) is 5.65 Å². The molecule has 1 fully saturated rings. The van der Waals surface area contributed by atoms with E-state index in [1.165, 1.54) is 6.33 Å². The van der Waals surface area contributed by atoms with Crippen molar-refractivity contribution in [3.05, 3.63) is 18.3 Å². The molecule has 0 unspecified atom stereocenters. The number of hydrogen-bond acceptors (Lipinski definition) is 4. The molecule has 5 nitrogen and oxygen atoms in total. The average molecular weight is 204 g/mol. The maximum absolute atomic E-state index is 5.33. The molecule has 3 rings (SSSR count). The first-order valence-corrected chi connectivity index (χ1v) is 5.17. The van der Waals surface area contributed by atoms with Crippen molar-refractivity contribution in [2.75, 3.05) is 13.2 Å². The fourth-order valence-corrected chi connectivity index (χ4v) is 1.94. The topological polar surface area (TPSA) is 63.7 Å². The standard InChI is InChI=1S/C10H12N4O/c1-3-15-4-2-7(1)9-13-8-5-11-6-12-10(8)14-9/h5-7H,1-4H2,(H,11,12,13,14). The molecule has 3 heterocycles. The lowest BCUT2D eigenvalue weighted by Gasteiger charge is -2.19. The van der Waals surface area contributed by atoms with Crippen LogP contribution >= 0.6 is 0 Å². The normalized spacial score (nSPS) is 18.4. The van der Waals surface area contributed by atoms with Gasteiger partial charge in [-0.15, -0.1) is 0 Å². The van der Waals surface area contributed by atoms with Gasteiger partial charge in [-0.05, 0) is 12.8 Å². The van der Waals surface area contributed by atoms with E-state index in [9.17, 15) is 0 Å². The van der Waals surface area contributed by atoms with E-state index in [4.69, 9.17) is 4.74 Å². The summed E-state index contributed by atoms with van der Waals surface area (Å²) >= 11 is 0. The maximum atomic E-state index is 5.33. The Hall–Kier alpha value is -1.49. The number of ether oxygens (including phenoxy) is 1. The minimum atomic E-state index is 0.480. The summed E-state index contributed by atoms with van der Waals surface area (Å²) in [4.78, 5) is 15.8. The van der Waals surface area contributed by atoms with E-state index < -0.39 is 0 Å². The van der Waals surface area contributed by atoms with Gasteiger partial charge < -0.3 is 9.72 Å². The van der Waals surface area contributed by atoms with Crippen molar-refractivity contribution in [3.8, 4) is 0 Å². The van der Waals surface area contributed by atoms with Crippen LogP contribution in [0.4, 0.5) is 0 Å². The Morgan fingerprint density at radius 1 is 1.33 bits per heavy atom. The Bertz CT molecular complexity index is 428. The summed E-state index contributed by atoms with van der Waals surface area (Å²) in [5.41, 5.74) is 1.67. The lowest BCUT2D eigenvalue weighted by atomic mass is 10.00. The molecule has 1 N–H and O–H groups in total. The van der Waals surface area contributed by atoms with E-state index in [1.807, 2.05) is 0 Å². The van der Waals surface area contributed by atoms with Gasteiger partial charge in [0.05, 0.1) is 6.20 Å². The lowest BCUT2D eigenvalue weighted by Crippen LogP contribution is -2.15. The largest absolute Gasteiger partial charge is 0.381 e. The van der Waals surface area contributed by atoms with Gasteiger partial charge in [-0.3, -0.25) is 0 Å². The van der Waals surface area contributed by atoms with Crippen LogP contribution in [0.15, 0.2) is 12.5 Å². The van der Waals surface area contributed by atoms with E-state index in [-0.39, 0.29) is 0 Å². The molecular formula is C10H12N4O. The fraction of sp³-hybridized carbons (Fsp3) is 0.500. The minimum absolute atomic E-state index is 0.480. The number of nitrogens with zero attached hydrogens (tertiary/aromatic N) is 3. The molecule has 0 saturated carbocycles. The number of aromatic nitrogens is 4. The summed E-state index contributed by atoms with van der Waals surface area (Å²) in [5, 5.41) is 0. The van der Waals surface area contributed by atoms with Crippen molar-refractivity contribution in [2.24, 2.45) is 0 Å². The zero-order valence-corrected chi connectivity index (χ0v) is 8.31. The second-order valence-corrected chi connectivity index (χ2v) is 3.77. The number of rotatable bonds is 1. The molecule has 2 aromatic rings. The average Bonchev–Trinajstić information content (AvgIpc) is 2.74. The number of fused-ring (bicyclic) bond motifs is 1. The van der Waals surface area contributed by atoms with E-state index in [0.717, 1.165) is 43.0 Å². The smallest absolute Gasteiger partial charge is 0.180 e. The van der Waals surface area contributed by atoms with Gasteiger partial charge in [-0.25, -0.2) is 15.0 Å². The number of H-pyrrole nitrogens is 1. The van der Waals surface area contributed by atoms with E-state index in [0.29, 0.717) is 5.92 Å². The van der Waals surface area contributed by atoms with Crippen LogP contribution in [0.3, 0.4) is 0 Å². The molecule has 0 atom stereocenters. The molecule has 1 saturated heterocycles. The fourth-order valence-electron chi connectivity index (χ4n) is 1.94.